The summed E-state index contributed by atoms with van der Waals surface area (Å²) in [7, 11) is 0. The lowest BCUT2D eigenvalue weighted by Gasteiger charge is -2.10. The number of nitrogens with one attached hydrogen (secondary N) is 1. The minimum Gasteiger partial charge on any atom is -0.382 e. The van der Waals surface area contributed by atoms with E-state index in [1.54, 1.807) is 12.4 Å². The molecule has 1 fully saturated rings. The van der Waals surface area contributed by atoms with Crippen LogP contribution in [0.3, 0.4) is 0 Å². The van der Waals surface area contributed by atoms with Crippen molar-refractivity contribution in [3.8, 4) is 0 Å². The van der Waals surface area contributed by atoms with Gasteiger partial charge < -0.3 is 10.1 Å². The number of amidine groups is 1. The Kier molecular flexibility index (Phi) is 2.74. The van der Waals surface area contributed by atoms with Gasteiger partial charge >= 0.3 is 0 Å². The molecule has 2 aromatic heterocycles. The molecule has 5 nitrogen and oxygen atoms in total. The lowest BCUT2D eigenvalue weighted by atomic mass is 10.0. The van der Waals surface area contributed by atoms with Crippen LogP contribution in [-0.4, -0.2) is 20.2 Å². The van der Waals surface area contributed by atoms with Crippen molar-refractivity contribution >= 4 is 11.5 Å². The van der Waals surface area contributed by atoms with Gasteiger partial charge in [-0.25, -0.2) is 9.97 Å². The van der Waals surface area contributed by atoms with Gasteiger partial charge in [-0.3, -0.25) is 5.41 Å². The number of fused-ring (bicyclic) bond motifs is 1. The predicted octanol–water partition coefficient (Wildman–Crippen LogP) is 1.75. The Bertz CT molecular complexity index is 580. The normalized spacial score (nSPS) is 16.4. The van der Waals surface area contributed by atoms with Gasteiger partial charge in [0.25, 0.3) is 0 Å². The molecule has 0 atom stereocenters. The van der Waals surface area contributed by atoms with E-state index in [1.807, 2.05) is 10.6 Å². The first-order chi connectivity index (χ1) is 8.74. The standard InChI is InChI=1S/C13H17N5/c14-12(15)11-8-18-6-5-16-13(18)10(17-11)7-9-3-1-2-4-9/h5-6,8-9H,1-4,7H2,(H3,14,15). The lowest BCUT2D eigenvalue weighted by molar-refractivity contribution is 0.539. The van der Waals surface area contributed by atoms with Gasteiger partial charge in [0.2, 0.25) is 0 Å². The van der Waals surface area contributed by atoms with Crippen LogP contribution in [-0.2, 0) is 6.42 Å². The van der Waals surface area contributed by atoms with E-state index in [4.69, 9.17) is 11.1 Å². The average Bonchev–Trinajstić information content (AvgIpc) is 2.98. The van der Waals surface area contributed by atoms with E-state index in [0.29, 0.717) is 11.6 Å². The van der Waals surface area contributed by atoms with E-state index < -0.39 is 0 Å². The Labute approximate surface area is 106 Å². The fourth-order valence-electron chi connectivity index (χ4n) is 2.75. The van der Waals surface area contributed by atoms with Crippen LogP contribution >= 0.6 is 0 Å². The summed E-state index contributed by atoms with van der Waals surface area (Å²) in [5.74, 6) is 0.721. The Hall–Kier alpha value is -1.91. The zero-order valence-electron chi connectivity index (χ0n) is 10.3. The monoisotopic (exact) mass is 243 g/mol. The third-order valence-corrected chi connectivity index (χ3v) is 3.68. The highest BCUT2D eigenvalue weighted by Gasteiger charge is 2.19. The van der Waals surface area contributed by atoms with E-state index in [0.717, 1.165) is 17.8 Å². The van der Waals surface area contributed by atoms with Crippen molar-refractivity contribution in [3.05, 3.63) is 30.0 Å². The van der Waals surface area contributed by atoms with Gasteiger partial charge in [-0.2, -0.15) is 0 Å². The number of nitrogens with two attached hydrogens (primary N) is 1. The summed E-state index contributed by atoms with van der Waals surface area (Å²) in [6.07, 6.45) is 11.5. The first-order valence-electron chi connectivity index (χ1n) is 6.41. The summed E-state index contributed by atoms with van der Waals surface area (Å²) >= 11 is 0. The van der Waals surface area contributed by atoms with Crippen molar-refractivity contribution < 1.29 is 0 Å². The molecule has 2 heterocycles. The number of nitrogens with zero attached hydrogens (tertiary/aromatic N) is 3. The van der Waals surface area contributed by atoms with Crippen LogP contribution in [0.25, 0.3) is 5.65 Å². The second-order valence-electron chi connectivity index (χ2n) is 5.00. The van der Waals surface area contributed by atoms with Crippen LogP contribution in [0, 0.1) is 11.3 Å². The summed E-state index contributed by atoms with van der Waals surface area (Å²) in [6.45, 7) is 0. The molecule has 5 heteroatoms. The highest BCUT2D eigenvalue weighted by molar-refractivity contribution is 5.93. The summed E-state index contributed by atoms with van der Waals surface area (Å²) < 4.78 is 1.91. The van der Waals surface area contributed by atoms with E-state index in [1.165, 1.54) is 25.7 Å². The SMILES string of the molecule is N=C(N)c1cn2ccnc2c(CC2CCCC2)n1. The number of rotatable bonds is 3. The Morgan fingerprint density at radius 1 is 1.44 bits per heavy atom. The van der Waals surface area contributed by atoms with Crippen molar-refractivity contribution in [1.29, 1.82) is 5.41 Å². The number of hydrogen-bond acceptors (Lipinski definition) is 3. The van der Waals surface area contributed by atoms with Gasteiger partial charge in [0.05, 0.1) is 5.69 Å². The van der Waals surface area contributed by atoms with E-state index in [9.17, 15) is 0 Å². The molecule has 1 saturated carbocycles. The highest BCUT2D eigenvalue weighted by atomic mass is 15.0. The molecule has 0 bridgehead atoms. The Morgan fingerprint density at radius 3 is 2.94 bits per heavy atom. The molecule has 3 N–H and O–H groups in total. The largest absolute Gasteiger partial charge is 0.382 e. The van der Waals surface area contributed by atoms with Crippen molar-refractivity contribution in [2.75, 3.05) is 0 Å². The number of hydrogen-bond donors (Lipinski definition) is 2. The molecule has 3 rings (SSSR count). The first kappa shape index (κ1) is 11.2. The molecule has 94 valence electrons. The molecule has 1 aliphatic rings. The average molecular weight is 243 g/mol. The molecule has 0 spiro atoms. The molecule has 0 aromatic carbocycles. The van der Waals surface area contributed by atoms with Crippen molar-refractivity contribution in [2.24, 2.45) is 11.7 Å². The van der Waals surface area contributed by atoms with Crippen LogP contribution in [0.4, 0.5) is 0 Å². The topological polar surface area (TPSA) is 80.1 Å². The van der Waals surface area contributed by atoms with Crippen molar-refractivity contribution in [2.45, 2.75) is 32.1 Å². The predicted molar refractivity (Wildman–Crippen MR) is 69.7 cm³/mol. The maximum atomic E-state index is 7.53. The summed E-state index contributed by atoms with van der Waals surface area (Å²) in [5.41, 5.74) is 7.94. The molecular weight excluding hydrogens is 226 g/mol. The van der Waals surface area contributed by atoms with E-state index >= 15 is 0 Å². The summed E-state index contributed by atoms with van der Waals surface area (Å²) in [4.78, 5) is 8.85. The van der Waals surface area contributed by atoms with Crippen LogP contribution < -0.4 is 5.73 Å². The van der Waals surface area contributed by atoms with E-state index in [-0.39, 0.29) is 5.84 Å². The molecule has 0 amide bonds. The molecule has 18 heavy (non-hydrogen) atoms. The van der Waals surface area contributed by atoms with Crippen LogP contribution in [0.1, 0.15) is 37.1 Å². The maximum Gasteiger partial charge on any atom is 0.158 e. The lowest BCUT2D eigenvalue weighted by Crippen LogP contribution is -2.16. The van der Waals surface area contributed by atoms with Crippen LogP contribution in [0.5, 0.6) is 0 Å². The van der Waals surface area contributed by atoms with Gasteiger partial charge in [0.1, 0.15) is 11.5 Å². The third kappa shape index (κ3) is 1.96. The van der Waals surface area contributed by atoms with E-state index in [2.05, 4.69) is 9.97 Å². The minimum absolute atomic E-state index is 0.0123. The second-order valence-corrected chi connectivity index (χ2v) is 5.00. The van der Waals surface area contributed by atoms with Crippen LogP contribution in [0.15, 0.2) is 18.6 Å². The molecular formula is C13H17N5. The zero-order valence-corrected chi connectivity index (χ0v) is 10.3. The Morgan fingerprint density at radius 2 is 2.22 bits per heavy atom. The molecule has 0 radical (unpaired) electrons. The van der Waals surface area contributed by atoms with Crippen molar-refractivity contribution in [1.82, 2.24) is 14.4 Å². The molecule has 0 unspecified atom stereocenters. The molecule has 1 aliphatic carbocycles. The number of nitrogen functional groups attached to an aromatic ring is 1. The maximum absolute atomic E-state index is 7.53. The fraction of sp³-hybridized carbons (Fsp3) is 0.462. The fourth-order valence-corrected chi connectivity index (χ4v) is 2.75. The van der Waals surface area contributed by atoms with Gasteiger partial charge in [-0.05, 0) is 12.3 Å². The molecule has 2 aromatic rings. The Balaban J connectivity index is 2.01. The van der Waals surface area contributed by atoms with Crippen molar-refractivity contribution in [3.63, 3.8) is 0 Å². The third-order valence-electron chi connectivity index (χ3n) is 3.68. The highest BCUT2D eigenvalue weighted by Crippen LogP contribution is 2.28. The summed E-state index contributed by atoms with van der Waals surface area (Å²) in [5, 5.41) is 7.53. The number of aromatic nitrogens is 3. The smallest absolute Gasteiger partial charge is 0.158 e. The zero-order chi connectivity index (χ0) is 12.5. The first-order valence-corrected chi connectivity index (χ1v) is 6.41. The minimum atomic E-state index is 0.0123. The number of imidazole rings is 1. The molecule has 0 saturated heterocycles. The molecule has 0 aliphatic heterocycles. The van der Waals surface area contributed by atoms with Gasteiger partial charge in [0, 0.05) is 18.6 Å². The van der Waals surface area contributed by atoms with Gasteiger partial charge in [0.15, 0.2) is 5.65 Å². The second kappa shape index (κ2) is 4.40. The quantitative estimate of drug-likeness (QED) is 0.636. The summed E-state index contributed by atoms with van der Waals surface area (Å²) in [6, 6.07) is 0. The van der Waals surface area contributed by atoms with Gasteiger partial charge in [-0.15, -0.1) is 0 Å². The van der Waals surface area contributed by atoms with Gasteiger partial charge in [-0.1, -0.05) is 25.7 Å². The van der Waals surface area contributed by atoms with Crippen LogP contribution in [0.2, 0.25) is 0 Å².